The zero-order valence-corrected chi connectivity index (χ0v) is 17.2. The van der Waals surface area contributed by atoms with E-state index in [9.17, 15) is 14.4 Å². The fraction of sp³-hybridized carbons (Fsp3) is 0.348. The number of fused-ring (bicyclic) bond motifs is 1. The van der Waals surface area contributed by atoms with Crippen molar-refractivity contribution in [3.63, 3.8) is 0 Å². The number of carbonyl (C=O) groups excluding carboxylic acids is 3. The van der Waals surface area contributed by atoms with Crippen molar-refractivity contribution in [2.75, 3.05) is 18.5 Å². The van der Waals surface area contributed by atoms with E-state index in [4.69, 9.17) is 21.1 Å². The maximum absolute atomic E-state index is 13.1. The molecule has 0 saturated heterocycles. The summed E-state index contributed by atoms with van der Waals surface area (Å²) < 4.78 is 10.8. The SMILES string of the molecule is O=C1COc2ccc(C(=O)COC(=O)C3(c4cccc(Cl)c4)CCCCC3)cc2N1. The van der Waals surface area contributed by atoms with Gasteiger partial charge in [0.2, 0.25) is 0 Å². The number of anilines is 1. The van der Waals surface area contributed by atoms with E-state index in [1.165, 1.54) is 6.07 Å². The van der Waals surface area contributed by atoms with E-state index in [-0.39, 0.29) is 24.9 Å². The molecule has 156 valence electrons. The smallest absolute Gasteiger partial charge is 0.317 e. The molecule has 2 aromatic rings. The number of Topliss-reactive ketones (excluding diaryl/α,β-unsaturated/α-hetero) is 1. The molecule has 0 atom stereocenters. The van der Waals surface area contributed by atoms with Crippen LogP contribution in [0.3, 0.4) is 0 Å². The Morgan fingerprint density at radius 1 is 1.10 bits per heavy atom. The molecule has 2 aromatic carbocycles. The topological polar surface area (TPSA) is 81.7 Å². The minimum absolute atomic E-state index is 0.0521. The van der Waals surface area contributed by atoms with Gasteiger partial charge in [-0.05, 0) is 48.7 Å². The van der Waals surface area contributed by atoms with Crippen LogP contribution in [-0.4, -0.2) is 30.9 Å². The molecule has 1 saturated carbocycles. The molecule has 0 spiro atoms. The van der Waals surface area contributed by atoms with Crippen molar-refractivity contribution in [3.8, 4) is 5.75 Å². The number of carbonyl (C=O) groups is 3. The number of esters is 1. The molecule has 0 aromatic heterocycles. The predicted molar refractivity (Wildman–Crippen MR) is 112 cm³/mol. The van der Waals surface area contributed by atoms with Crippen LogP contribution < -0.4 is 10.1 Å². The van der Waals surface area contributed by atoms with E-state index in [1.54, 1.807) is 18.2 Å². The Balaban J connectivity index is 1.49. The normalized spacial score (nSPS) is 17.3. The van der Waals surface area contributed by atoms with Gasteiger partial charge in [0.1, 0.15) is 5.75 Å². The lowest BCUT2D eigenvalue weighted by Crippen LogP contribution is -2.40. The molecule has 0 radical (unpaired) electrons. The van der Waals surface area contributed by atoms with Gasteiger partial charge in [0.15, 0.2) is 19.0 Å². The summed E-state index contributed by atoms with van der Waals surface area (Å²) in [5.74, 6) is -0.514. The highest BCUT2D eigenvalue weighted by atomic mass is 35.5. The zero-order chi connectivity index (χ0) is 21.1. The summed E-state index contributed by atoms with van der Waals surface area (Å²) in [6, 6.07) is 12.1. The highest BCUT2D eigenvalue weighted by molar-refractivity contribution is 6.30. The zero-order valence-electron chi connectivity index (χ0n) is 16.4. The van der Waals surface area contributed by atoms with Crippen LogP contribution in [0.1, 0.15) is 48.0 Å². The molecule has 30 heavy (non-hydrogen) atoms. The van der Waals surface area contributed by atoms with Gasteiger partial charge in [-0.3, -0.25) is 14.4 Å². The molecule has 1 aliphatic carbocycles. The first-order valence-corrected chi connectivity index (χ1v) is 10.4. The lowest BCUT2D eigenvalue weighted by atomic mass is 9.69. The van der Waals surface area contributed by atoms with Crippen molar-refractivity contribution in [1.82, 2.24) is 0 Å². The Kier molecular flexibility index (Phi) is 5.77. The molecular formula is C23H22ClNO5. The molecule has 1 aliphatic heterocycles. The second kappa shape index (κ2) is 8.48. The van der Waals surface area contributed by atoms with E-state index in [0.29, 0.717) is 34.9 Å². The third-order valence-electron chi connectivity index (χ3n) is 5.74. The van der Waals surface area contributed by atoms with Crippen molar-refractivity contribution in [1.29, 1.82) is 0 Å². The number of nitrogens with one attached hydrogen (secondary N) is 1. The third kappa shape index (κ3) is 4.05. The fourth-order valence-corrected chi connectivity index (χ4v) is 4.35. The van der Waals surface area contributed by atoms with Gasteiger partial charge in [0.05, 0.1) is 11.1 Å². The minimum atomic E-state index is -0.777. The summed E-state index contributed by atoms with van der Waals surface area (Å²) in [6.45, 7) is -0.418. The second-order valence-corrected chi connectivity index (χ2v) is 8.14. The van der Waals surface area contributed by atoms with Crippen molar-refractivity contribution >= 4 is 34.9 Å². The van der Waals surface area contributed by atoms with Gasteiger partial charge in [-0.15, -0.1) is 0 Å². The summed E-state index contributed by atoms with van der Waals surface area (Å²) in [7, 11) is 0. The van der Waals surface area contributed by atoms with Gasteiger partial charge in [-0.25, -0.2) is 0 Å². The van der Waals surface area contributed by atoms with E-state index < -0.39 is 11.4 Å². The van der Waals surface area contributed by atoms with Crippen LogP contribution >= 0.6 is 11.6 Å². The van der Waals surface area contributed by atoms with Crippen molar-refractivity contribution in [2.24, 2.45) is 0 Å². The van der Waals surface area contributed by atoms with Crippen LogP contribution in [0, 0.1) is 0 Å². The number of hydrogen-bond acceptors (Lipinski definition) is 5. The molecule has 4 rings (SSSR count). The van der Waals surface area contributed by atoms with Crippen molar-refractivity contribution < 1.29 is 23.9 Å². The number of ketones is 1. The second-order valence-electron chi connectivity index (χ2n) is 7.70. The average molecular weight is 428 g/mol. The van der Waals surface area contributed by atoms with E-state index in [1.807, 2.05) is 18.2 Å². The predicted octanol–water partition coefficient (Wildman–Crippen LogP) is 4.30. The Labute approximate surface area is 179 Å². The lowest BCUT2D eigenvalue weighted by molar-refractivity contribution is -0.151. The first-order chi connectivity index (χ1) is 14.5. The average Bonchev–Trinajstić information content (AvgIpc) is 2.77. The molecular weight excluding hydrogens is 406 g/mol. The minimum Gasteiger partial charge on any atom is -0.482 e. The van der Waals surface area contributed by atoms with Gasteiger partial charge in [0.25, 0.3) is 5.91 Å². The maximum atomic E-state index is 13.1. The molecule has 2 aliphatic rings. The number of rotatable bonds is 5. The van der Waals surface area contributed by atoms with Gasteiger partial charge in [-0.2, -0.15) is 0 Å². The molecule has 1 N–H and O–H groups in total. The largest absolute Gasteiger partial charge is 0.482 e. The number of benzene rings is 2. The summed E-state index contributed by atoms with van der Waals surface area (Å²) >= 11 is 6.16. The summed E-state index contributed by atoms with van der Waals surface area (Å²) in [5, 5.41) is 3.24. The van der Waals surface area contributed by atoms with Gasteiger partial charge < -0.3 is 14.8 Å². The van der Waals surface area contributed by atoms with Crippen LogP contribution in [0.25, 0.3) is 0 Å². The monoisotopic (exact) mass is 427 g/mol. The standard InChI is InChI=1S/C23H22ClNO5/c24-17-6-4-5-16(12-17)23(9-2-1-3-10-23)22(28)30-13-19(26)15-7-8-20-18(11-15)25-21(27)14-29-20/h4-8,11-12H,1-3,9-10,13-14H2,(H,25,27). The van der Waals surface area contributed by atoms with Crippen molar-refractivity contribution in [2.45, 2.75) is 37.5 Å². The molecule has 0 unspecified atom stereocenters. The lowest BCUT2D eigenvalue weighted by Gasteiger charge is -2.35. The molecule has 1 amide bonds. The van der Waals surface area contributed by atoms with E-state index in [2.05, 4.69) is 5.32 Å². The molecule has 1 heterocycles. The van der Waals surface area contributed by atoms with Gasteiger partial charge in [0, 0.05) is 10.6 Å². The van der Waals surface area contributed by atoms with Crippen LogP contribution in [0.4, 0.5) is 5.69 Å². The van der Waals surface area contributed by atoms with Crippen LogP contribution in [0.2, 0.25) is 5.02 Å². The number of halogens is 1. The van der Waals surface area contributed by atoms with E-state index in [0.717, 1.165) is 24.8 Å². The Morgan fingerprint density at radius 2 is 1.90 bits per heavy atom. The number of ether oxygens (including phenoxy) is 2. The highest BCUT2D eigenvalue weighted by Gasteiger charge is 2.43. The van der Waals surface area contributed by atoms with E-state index >= 15 is 0 Å². The third-order valence-corrected chi connectivity index (χ3v) is 5.98. The number of hydrogen-bond donors (Lipinski definition) is 1. The molecule has 6 nitrogen and oxygen atoms in total. The van der Waals surface area contributed by atoms with Gasteiger partial charge in [-0.1, -0.05) is 43.0 Å². The van der Waals surface area contributed by atoms with Crippen molar-refractivity contribution in [3.05, 3.63) is 58.6 Å². The summed E-state index contributed by atoms with van der Waals surface area (Å²) in [4.78, 5) is 37.3. The molecule has 0 bridgehead atoms. The van der Waals surface area contributed by atoms with Gasteiger partial charge >= 0.3 is 5.97 Å². The Hall–Kier alpha value is -2.86. The van der Waals surface area contributed by atoms with Crippen LogP contribution in [0.5, 0.6) is 5.75 Å². The first kappa shape index (κ1) is 20.4. The number of amides is 1. The quantitative estimate of drug-likeness (QED) is 0.568. The molecule has 7 heteroatoms. The highest BCUT2D eigenvalue weighted by Crippen LogP contribution is 2.41. The summed E-state index contributed by atoms with van der Waals surface area (Å²) in [5.41, 5.74) is 0.834. The Bertz CT molecular complexity index is 997. The fourth-order valence-electron chi connectivity index (χ4n) is 4.16. The van der Waals surface area contributed by atoms with Crippen LogP contribution in [-0.2, 0) is 19.7 Å². The van der Waals surface area contributed by atoms with Crippen LogP contribution in [0.15, 0.2) is 42.5 Å². The molecule has 1 fully saturated rings. The maximum Gasteiger partial charge on any atom is 0.317 e. The first-order valence-electron chi connectivity index (χ1n) is 10.0. The summed E-state index contributed by atoms with van der Waals surface area (Å²) in [6.07, 6.45) is 4.24. The Morgan fingerprint density at radius 3 is 2.67 bits per heavy atom.